The number of carbonyl (C=O) groups is 1. The molecule has 9 nitrogen and oxygen atoms in total. The molecule has 0 atom stereocenters. The molecule has 2 aromatic carbocycles. The zero-order chi connectivity index (χ0) is 22.6. The van der Waals surface area contributed by atoms with Crippen LogP contribution in [0.25, 0.3) is 11.1 Å². The molecule has 0 radical (unpaired) electrons. The summed E-state index contributed by atoms with van der Waals surface area (Å²) in [5.41, 5.74) is 1.98. The van der Waals surface area contributed by atoms with Crippen molar-refractivity contribution >= 4 is 27.5 Å². The van der Waals surface area contributed by atoms with E-state index in [4.69, 9.17) is 14.0 Å². The molecule has 0 saturated heterocycles. The summed E-state index contributed by atoms with van der Waals surface area (Å²) in [5, 5.41) is 6.57. The molecular formula is C21H23N3O6S. The monoisotopic (exact) mass is 445 g/mol. The molecule has 0 spiro atoms. The number of ether oxygens (including phenoxy) is 2. The van der Waals surface area contributed by atoms with Gasteiger partial charge in [-0.25, -0.2) is 8.42 Å². The highest BCUT2D eigenvalue weighted by Gasteiger charge is 2.24. The number of anilines is 2. The summed E-state index contributed by atoms with van der Waals surface area (Å²) < 4.78 is 44.5. The highest BCUT2D eigenvalue weighted by molar-refractivity contribution is 7.92. The number of methoxy groups -OCH3 is 2. The van der Waals surface area contributed by atoms with Crippen LogP contribution in [0.3, 0.4) is 0 Å². The van der Waals surface area contributed by atoms with E-state index >= 15 is 0 Å². The van der Waals surface area contributed by atoms with E-state index < -0.39 is 10.0 Å². The van der Waals surface area contributed by atoms with Crippen molar-refractivity contribution in [2.45, 2.75) is 25.2 Å². The van der Waals surface area contributed by atoms with Crippen molar-refractivity contribution in [1.82, 2.24) is 5.16 Å². The van der Waals surface area contributed by atoms with E-state index in [2.05, 4.69) is 15.2 Å². The van der Waals surface area contributed by atoms with Gasteiger partial charge in [-0.1, -0.05) is 18.1 Å². The summed E-state index contributed by atoms with van der Waals surface area (Å²) in [5.74, 6) is 0.594. The van der Waals surface area contributed by atoms with E-state index in [0.717, 1.165) is 0 Å². The Hall–Kier alpha value is -3.53. The highest BCUT2D eigenvalue weighted by atomic mass is 32.2. The third-order valence-electron chi connectivity index (χ3n) is 4.47. The number of aryl methyl sites for hydroxylation is 1. The lowest BCUT2D eigenvalue weighted by atomic mass is 10.0. The van der Waals surface area contributed by atoms with Crippen LogP contribution in [0, 0.1) is 0 Å². The van der Waals surface area contributed by atoms with Crippen LogP contribution in [-0.2, 0) is 21.2 Å². The minimum Gasteiger partial charge on any atom is -0.497 e. The predicted octanol–water partition coefficient (Wildman–Crippen LogP) is 3.68. The lowest BCUT2D eigenvalue weighted by Gasteiger charge is -2.14. The van der Waals surface area contributed by atoms with Crippen LogP contribution >= 0.6 is 0 Å². The Kier molecular flexibility index (Phi) is 6.50. The molecule has 3 rings (SSSR count). The quantitative estimate of drug-likeness (QED) is 0.543. The first-order valence-corrected chi connectivity index (χ1v) is 10.9. The molecule has 0 bridgehead atoms. The second kappa shape index (κ2) is 9.09. The number of hydrogen-bond acceptors (Lipinski definition) is 7. The highest BCUT2D eigenvalue weighted by Crippen LogP contribution is 2.37. The standard InChI is InChI=1S/C21H23N3O6S/c1-5-17-20(21(30-23-17)22-13(2)25)14-6-11-18(29-4)19(12-14)31(26,27)24-15-7-9-16(28-3)10-8-15/h6-12,24H,5H2,1-4H3,(H,22,25). The fraction of sp³-hybridized carbons (Fsp3) is 0.238. The first-order chi connectivity index (χ1) is 14.8. The molecule has 10 heteroatoms. The summed E-state index contributed by atoms with van der Waals surface area (Å²) >= 11 is 0. The molecule has 1 heterocycles. The number of amides is 1. The number of benzene rings is 2. The average Bonchev–Trinajstić information content (AvgIpc) is 3.15. The number of aromatic nitrogens is 1. The summed E-state index contributed by atoms with van der Waals surface area (Å²) in [6, 6.07) is 11.2. The van der Waals surface area contributed by atoms with Gasteiger partial charge in [-0.2, -0.15) is 0 Å². The molecule has 0 aliphatic rings. The largest absolute Gasteiger partial charge is 0.497 e. The number of carbonyl (C=O) groups excluding carboxylic acids is 1. The molecule has 0 unspecified atom stereocenters. The van der Waals surface area contributed by atoms with Gasteiger partial charge in [0, 0.05) is 12.6 Å². The van der Waals surface area contributed by atoms with Crippen LogP contribution in [0.5, 0.6) is 11.5 Å². The van der Waals surface area contributed by atoms with Gasteiger partial charge in [0.1, 0.15) is 16.4 Å². The van der Waals surface area contributed by atoms with Crippen LogP contribution in [0.4, 0.5) is 11.6 Å². The fourth-order valence-corrected chi connectivity index (χ4v) is 4.27. The number of nitrogens with one attached hydrogen (secondary N) is 2. The number of nitrogens with zero attached hydrogens (tertiary/aromatic N) is 1. The van der Waals surface area contributed by atoms with Crippen molar-refractivity contribution in [2.75, 3.05) is 24.3 Å². The third-order valence-corrected chi connectivity index (χ3v) is 5.87. The van der Waals surface area contributed by atoms with Crippen molar-refractivity contribution in [3.05, 3.63) is 48.2 Å². The first kappa shape index (κ1) is 22.2. The molecule has 3 aromatic rings. The van der Waals surface area contributed by atoms with Crippen molar-refractivity contribution in [2.24, 2.45) is 0 Å². The molecule has 2 N–H and O–H groups in total. The Morgan fingerprint density at radius 2 is 1.81 bits per heavy atom. The van der Waals surface area contributed by atoms with Crippen molar-refractivity contribution in [1.29, 1.82) is 0 Å². The molecule has 0 aliphatic carbocycles. The fourth-order valence-electron chi connectivity index (χ4n) is 3.02. The van der Waals surface area contributed by atoms with Gasteiger partial charge < -0.3 is 14.0 Å². The van der Waals surface area contributed by atoms with E-state index in [9.17, 15) is 13.2 Å². The molecule has 1 aromatic heterocycles. The minimum atomic E-state index is -4.00. The van der Waals surface area contributed by atoms with Crippen molar-refractivity contribution < 1.29 is 27.2 Å². The van der Waals surface area contributed by atoms with Gasteiger partial charge in [0.2, 0.25) is 11.8 Å². The molecule has 31 heavy (non-hydrogen) atoms. The molecule has 0 aliphatic heterocycles. The topological polar surface area (TPSA) is 120 Å². The number of sulfonamides is 1. The molecule has 0 fully saturated rings. The van der Waals surface area contributed by atoms with Crippen LogP contribution < -0.4 is 19.5 Å². The third kappa shape index (κ3) is 4.80. The van der Waals surface area contributed by atoms with Crippen molar-refractivity contribution in [3.8, 4) is 22.6 Å². The lowest BCUT2D eigenvalue weighted by molar-refractivity contribution is -0.114. The van der Waals surface area contributed by atoms with Crippen LogP contribution in [-0.4, -0.2) is 33.7 Å². The smallest absolute Gasteiger partial charge is 0.265 e. The molecule has 164 valence electrons. The van der Waals surface area contributed by atoms with E-state index in [1.165, 1.54) is 27.2 Å². The molecule has 0 saturated carbocycles. The Morgan fingerprint density at radius 3 is 2.39 bits per heavy atom. The summed E-state index contributed by atoms with van der Waals surface area (Å²) in [4.78, 5) is 11.5. The van der Waals surface area contributed by atoms with E-state index in [0.29, 0.717) is 34.7 Å². The Bertz CT molecular complexity index is 1190. The van der Waals surface area contributed by atoms with Crippen LogP contribution in [0.1, 0.15) is 19.5 Å². The van der Waals surface area contributed by atoms with Gasteiger partial charge in [0.15, 0.2) is 0 Å². The average molecular weight is 445 g/mol. The van der Waals surface area contributed by atoms with Gasteiger partial charge in [-0.05, 0) is 48.4 Å². The van der Waals surface area contributed by atoms with Gasteiger partial charge in [-0.3, -0.25) is 14.8 Å². The Morgan fingerprint density at radius 1 is 1.10 bits per heavy atom. The van der Waals surface area contributed by atoms with E-state index in [-0.39, 0.29) is 22.4 Å². The maximum Gasteiger partial charge on any atom is 0.265 e. The first-order valence-electron chi connectivity index (χ1n) is 9.40. The van der Waals surface area contributed by atoms with E-state index in [1.807, 2.05) is 6.92 Å². The van der Waals surface area contributed by atoms with Crippen LogP contribution in [0.2, 0.25) is 0 Å². The Balaban J connectivity index is 2.07. The summed E-state index contributed by atoms with van der Waals surface area (Å²) in [6.07, 6.45) is 0.524. The maximum absolute atomic E-state index is 13.1. The van der Waals surface area contributed by atoms with Crippen molar-refractivity contribution in [3.63, 3.8) is 0 Å². The summed E-state index contributed by atoms with van der Waals surface area (Å²) in [6.45, 7) is 3.23. The van der Waals surface area contributed by atoms with Gasteiger partial charge in [0.25, 0.3) is 10.0 Å². The zero-order valence-corrected chi connectivity index (χ0v) is 18.4. The van der Waals surface area contributed by atoms with Gasteiger partial charge in [0.05, 0.1) is 25.5 Å². The van der Waals surface area contributed by atoms with Gasteiger partial charge >= 0.3 is 0 Å². The second-order valence-electron chi connectivity index (χ2n) is 6.57. The normalized spacial score (nSPS) is 11.1. The summed E-state index contributed by atoms with van der Waals surface area (Å²) in [7, 11) is -1.08. The number of hydrogen-bond donors (Lipinski definition) is 2. The zero-order valence-electron chi connectivity index (χ0n) is 17.6. The SMILES string of the molecule is CCc1noc(NC(C)=O)c1-c1ccc(OC)c(S(=O)(=O)Nc2ccc(OC)cc2)c1. The number of rotatable bonds is 8. The second-order valence-corrected chi connectivity index (χ2v) is 8.22. The lowest BCUT2D eigenvalue weighted by Crippen LogP contribution is -2.14. The van der Waals surface area contributed by atoms with Crippen LogP contribution in [0.15, 0.2) is 51.9 Å². The Labute approximate surface area is 180 Å². The molecular weight excluding hydrogens is 422 g/mol. The molecule has 1 amide bonds. The predicted molar refractivity (Wildman–Crippen MR) is 116 cm³/mol. The van der Waals surface area contributed by atoms with E-state index in [1.54, 1.807) is 36.4 Å². The van der Waals surface area contributed by atoms with Gasteiger partial charge in [-0.15, -0.1) is 0 Å². The maximum atomic E-state index is 13.1. The minimum absolute atomic E-state index is 0.0691.